The molecule has 0 bridgehead atoms. The van der Waals surface area contributed by atoms with E-state index in [1.807, 2.05) is 0 Å². The standard InChI is InChI=1S/C35H59N3O6/c1-7-9-11-13-15-19-23-42-31(39)27-43-30-22-18-17-21-29(30)37(33(41)32(36)40)28-25-34(3,4)38(35(5,6)26-28)44-24-20-16-14-12-10-8-2/h17-18,21-22,28H,7-16,19-20,23-27H2,1-6H3,(H2,36,40). The van der Waals surface area contributed by atoms with Gasteiger partial charge in [0.25, 0.3) is 0 Å². The molecule has 2 amide bonds. The Hall–Kier alpha value is -2.65. The molecule has 2 rings (SSSR count). The Morgan fingerprint density at radius 2 is 1.34 bits per heavy atom. The molecule has 1 aliphatic heterocycles. The second-order valence-corrected chi connectivity index (χ2v) is 13.4. The minimum absolute atomic E-state index is 0.298. The number of nitrogens with zero attached hydrogens (tertiary/aromatic N) is 2. The second-order valence-electron chi connectivity index (χ2n) is 13.4. The molecule has 0 aliphatic carbocycles. The van der Waals surface area contributed by atoms with Gasteiger partial charge in [-0.3, -0.25) is 19.3 Å². The minimum atomic E-state index is -1.05. The smallest absolute Gasteiger partial charge is 0.344 e. The number of esters is 1. The van der Waals surface area contributed by atoms with Crippen LogP contribution in [0.2, 0.25) is 0 Å². The van der Waals surface area contributed by atoms with Crippen LogP contribution >= 0.6 is 0 Å². The summed E-state index contributed by atoms with van der Waals surface area (Å²) >= 11 is 0. The molecule has 1 aliphatic rings. The van der Waals surface area contributed by atoms with Crippen LogP contribution in [0.4, 0.5) is 5.69 Å². The van der Waals surface area contributed by atoms with Gasteiger partial charge in [0.15, 0.2) is 6.61 Å². The van der Waals surface area contributed by atoms with Gasteiger partial charge in [-0.15, -0.1) is 0 Å². The lowest BCUT2D eigenvalue weighted by Crippen LogP contribution is -2.65. The summed E-state index contributed by atoms with van der Waals surface area (Å²) in [7, 11) is 0. The maximum atomic E-state index is 13.4. The zero-order valence-corrected chi connectivity index (χ0v) is 28.3. The molecule has 0 radical (unpaired) electrons. The summed E-state index contributed by atoms with van der Waals surface area (Å²) in [4.78, 5) is 45.9. The number of carbonyl (C=O) groups excluding carboxylic acids is 3. The van der Waals surface area contributed by atoms with E-state index >= 15 is 0 Å². The number of amides is 2. The molecular formula is C35H59N3O6. The van der Waals surface area contributed by atoms with Gasteiger partial charge in [-0.2, -0.15) is 5.06 Å². The topological polar surface area (TPSA) is 111 Å². The molecule has 1 fully saturated rings. The van der Waals surface area contributed by atoms with Crippen LogP contribution in [-0.4, -0.2) is 59.8 Å². The van der Waals surface area contributed by atoms with E-state index in [1.54, 1.807) is 24.3 Å². The first-order chi connectivity index (χ1) is 20.9. The molecule has 9 heteroatoms. The van der Waals surface area contributed by atoms with Crippen LogP contribution in [0.3, 0.4) is 0 Å². The van der Waals surface area contributed by atoms with Crippen molar-refractivity contribution in [3.63, 3.8) is 0 Å². The summed E-state index contributed by atoms with van der Waals surface area (Å²) in [6.45, 7) is 13.5. The first-order valence-corrected chi connectivity index (χ1v) is 16.9. The van der Waals surface area contributed by atoms with E-state index in [9.17, 15) is 14.4 Å². The predicted molar refractivity (Wildman–Crippen MR) is 175 cm³/mol. The molecule has 1 aromatic carbocycles. The van der Waals surface area contributed by atoms with Gasteiger partial charge in [0.05, 0.1) is 18.9 Å². The molecule has 1 heterocycles. The molecule has 0 aromatic heterocycles. The van der Waals surface area contributed by atoms with Crippen molar-refractivity contribution in [2.75, 3.05) is 24.7 Å². The summed E-state index contributed by atoms with van der Waals surface area (Å²) in [5.41, 5.74) is 5.08. The Bertz CT molecular complexity index is 1010. The van der Waals surface area contributed by atoms with Gasteiger partial charge in [-0.1, -0.05) is 90.2 Å². The number of ether oxygens (including phenoxy) is 2. The Morgan fingerprint density at radius 3 is 1.91 bits per heavy atom. The third-order valence-electron chi connectivity index (χ3n) is 8.31. The monoisotopic (exact) mass is 617 g/mol. The highest BCUT2D eigenvalue weighted by Crippen LogP contribution is 2.43. The number of unbranched alkanes of at least 4 members (excludes halogenated alkanes) is 10. The molecule has 250 valence electrons. The lowest BCUT2D eigenvalue weighted by Gasteiger charge is -2.55. The molecule has 0 spiro atoms. The third kappa shape index (κ3) is 12.0. The van der Waals surface area contributed by atoms with Crippen molar-refractivity contribution in [2.24, 2.45) is 5.73 Å². The Kier molecular flexibility index (Phi) is 16.2. The predicted octanol–water partition coefficient (Wildman–Crippen LogP) is 7.10. The van der Waals surface area contributed by atoms with Gasteiger partial charge in [-0.05, 0) is 65.5 Å². The van der Waals surface area contributed by atoms with Gasteiger partial charge in [0.2, 0.25) is 0 Å². The molecular weight excluding hydrogens is 558 g/mol. The Labute approximate surface area is 266 Å². The number of para-hydroxylation sites is 2. The van der Waals surface area contributed by atoms with E-state index in [2.05, 4.69) is 46.6 Å². The number of rotatable bonds is 20. The number of primary amides is 1. The molecule has 44 heavy (non-hydrogen) atoms. The molecule has 1 aromatic rings. The summed E-state index contributed by atoms with van der Waals surface area (Å²) in [5.74, 6) is -2.02. The lowest BCUT2D eigenvalue weighted by molar-refractivity contribution is -0.283. The highest BCUT2D eigenvalue weighted by molar-refractivity contribution is 6.40. The van der Waals surface area contributed by atoms with Crippen LogP contribution in [0.5, 0.6) is 5.75 Å². The van der Waals surface area contributed by atoms with E-state index in [0.717, 1.165) is 32.1 Å². The van der Waals surface area contributed by atoms with Crippen molar-refractivity contribution < 1.29 is 28.7 Å². The van der Waals surface area contributed by atoms with Crippen LogP contribution in [0.1, 0.15) is 131 Å². The quantitative estimate of drug-likeness (QED) is 0.0944. The van der Waals surface area contributed by atoms with Gasteiger partial charge in [-0.25, -0.2) is 4.79 Å². The van der Waals surface area contributed by atoms with Crippen LogP contribution in [0.25, 0.3) is 0 Å². The van der Waals surface area contributed by atoms with Crippen molar-refractivity contribution in [1.29, 1.82) is 0 Å². The van der Waals surface area contributed by atoms with Gasteiger partial charge in [0, 0.05) is 17.1 Å². The van der Waals surface area contributed by atoms with Gasteiger partial charge >= 0.3 is 17.8 Å². The number of hydrogen-bond donors (Lipinski definition) is 1. The highest BCUT2D eigenvalue weighted by Gasteiger charge is 2.49. The summed E-state index contributed by atoms with van der Waals surface area (Å²) in [5, 5.41) is 2.07. The maximum Gasteiger partial charge on any atom is 0.344 e. The Morgan fingerprint density at radius 1 is 0.818 bits per heavy atom. The fraction of sp³-hybridized carbons (Fsp3) is 0.743. The van der Waals surface area contributed by atoms with Gasteiger partial charge in [0.1, 0.15) is 5.75 Å². The molecule has 2 N–H and O–H groups in total. The number of hydrogen-bond acceptors (Lipinski definition) is 7. The minimum Gasteiger partial charge on any atom is -0.480 e. The average molecular weight is 618 g/mol. The first kappa shape index (κ1) is 37.5. The maximum absolute atomic E-state index is 13.4. The fourth-order valence-electron chi connectivity index (χ4n) is 6.40. The Balaban J connectivity index is 2.11. The molecule has 0 atom stereocenters. The van der Waals surface area contributed by atoms with Crippen LogP contribution < -0.4 is 15.4 Å². The molecule has 1 saturated heterocycles. The van der Waals surface area contributed by atoms with Crippen LogP contribution in [-0.2, 0) is 24.0 Å². The number of benzene rings is 1. The first-order valence-electron chi connectivity index (χ1n) is 16.9. The van der Waals surface area contributed by atoms with Crippen molar-refractivity contribution in [3.8, 4) is 5.75 Å². The largest absolute Gasteiger partial charge is 0.480 e. The molecule has 0 saturated carbocycles. The SMILES string of the molecule is CCCCCCCCOC(=O)COc1ccccc1N(C(=O)C(N)=O)C1CC(C)(C)N(OCCCCCCCC)C(C)(C)C1. The van der Waals surface area contributed by atoms with Crippen molar-refractivity contribution in [1.82, 2.24) is 5.06 Å². The summed E-state index contributed by atoms with van der Waals surface area (Å²) in [6, 6.07) is 6.58. The van der Waals surface area contributed by atoms with E-state index < -0.39 is 28.9 Å². The highest BCUT2D eigenvalue weighted by atomic mass is 16.7. The second kappa shape index (κ2) is 19.0. The number of nitrogens with two attached hydrogens (primary N) is 1. The molecule has 9 nitrogen and oxygen atoms in total. The number of carbonyl (C=O) groups is 3. The zero-order chi connectivity index (χ0) is 32.6. The molecule has 0 unspecified atom stereocenters. The fourth-order valence-corrected chi connectivity index (χ4v) is 6.40. The third-order valence-corrected chi connectivity index (χ3v) is 8.31. The number of anilines is 1. The normalized spacial score (nSPS) is 16.4. The van der Waals surface area contributed by atoms with Crippen LogP contribution in [0, 0.1) is 0 Å². The van der Waals surface area contributed by atoms with E-state index in [0.29, 0.717) is 37.5 Å². The zero-order valence-electron chi connectivity index (χ0n) is 28.3. The summed E-state index contributed by atoms with van der Waals surface area (Å²) in [6.07, 6.45) is 14.8. The summed E-state index contributed by atoms with van der Waals surface area (Å²) < 4.78 is 11.2. The van der Waals surface area contributed by atoms with E-state index in [-0.39, 0.29) is 12.6 Å². The van der Waals surface area contributed by atoms with Crippen molar-refractivity contribution in [2.45, 2.75) is 149 Å². The number of piperidine rings is 1. The van der Waals surface area contributed by atoms with Crippen molar-refractivity contribution >= 4 is 23.5 Å². The average Bonchev–Trinajstić information content (AvgIpc) is 2.96. The van der Waals surface area contributed by atoms with E-state index in [1.165, 1.54) is 49.8 Å². The van der Waals surface area contributed by atoms with Crippen LogP contribution in [0.15, 0.2) is 24.3 Å². The van der Waals surface area contributed by atoms with Gasteiger partial charge < -0.3 is 15.2 Å². The van der Waals surface area contributed by atoms with E-state index in [4.69, 9.17) is 20.0 Å². The van der Waals surface area contributed by atoms with Crippen molar-refractivity contribution in [3.05, 3.63) is 24.3 Å². The number of hydroxylamine groups is 2. The lowest BCUT2D eigenvalue weighted by atomic mass is 9.78.